The van der Waals surface area contributed by atoms with Gasteiger partial charge in [0.1, 0.15) is 5.75 Å². The summed E-state index contributed by atoms with van der Waals surface area (Å²) in [5.74, 6) is 0.581. The molecule has 0 aliphatic heterocycles. The molecule has 0 radical (unpaired) electrons. The molecular weight excluding hydrogens is 268 g/mol. The molecule has 0 aliphatic rings. The second-order valence-corrected chi connectivity index (χ2v) is 4.48. The van der Waals surface area contributed by atoms with E-state index in [4.69, 9.17) is 4.74 Å². The number of ether oxygens (including phenoxy) is 1. The fraction of sp³-hybridized carbons (Fsp3) is 0.0625. The van der Waals surface area contributed by atoms with Crippen LogP contribution in [-0.4, -0.2) is 7.11 Å². The molecule has 0 heterocycles. The molecular formula is C16H12N2O3. The molecule has 5 nitrogen and oxygen atoms in total. The van der Waals surface area contributed by atoms with Crippen LogP contribution in [0, 0.1) is 0 Å². The normalized spacial score (nSPS) is 10.5. The smallest absolute Gasteiger partial charge is 0.217 e. The van der Waals surface area contributed by atoms with Crippen molar-refractivity contribution < 1.29 is 4.74 Å². The van der Waals surface area contributed by atoms with Crippen molar-refractivity contribution >= 4 is 16.5 Å². The molecule has 3 aromatic carbocycles. The molecule has 5 heteroatoms. The maximum absolute atomic E-state index is 12.2. The van der Waals surface area contributed by atoms with Gasteiger partial charge in [-0.25, -0.2) is 0 Å². The van der Waals surface area contributed by atoms with E-state index >= 15 is 0 Å². The van der Waals surface area contributed by atoms with E-state index in [9.17, 15) is 9.59 Å². The van der Waals surface area contributed by atoms with Crippen LogP contribution < -0.4 is 26.4 Å². The van der Waals surface area contributed by atoms with Crippen LogP contribution in [0.3, 0.4) is 0 Å². The van der Waals surface area contributed by atoms with Gasteiger partial charge < -0.3 is 4.74 Å². The van der Waals surface area contributed by atoms with Crippen LogP contribution >= 0.6 is 0 Å². The largest absolute Gasteiger partial charge is 0.495 e. The third-order valence-electron chi connectivity index (χ3n) is 3.24. The summed E-state index contributed by atoms with van der Waals surface area (Å²) in [6, 6.07) is 13.8. The topological polar surface area (TPSA) is 67.8 Å². The van der Waals surface area contributed by atoms with Gasteiger partial charge in [0.15, 0.2) is 5.36 Å². The summed E-state index contributed by atoms with van der Waals surface area (Å²) < 4.78 is 5.17. The van der Waals surface area contributed by atoms with Crippen LogP contribution in [-0.2, 0) is 0 Å². The highest BCUT2D eigenvalue weighted by Gasteiger charge is 2.10. The number of hydrogen-bond donors (Lipinski definition) is 1. The molecule has 0 atom stereocenters. The number of anilines is 1. The average molecular weight is 280 g/mol. The van der Waals surface area contributed by atoms with Crippen molar-refractivity contribution in [1.82, 2.24) is 0 Å². The second-order valence-electron chi connectivity index (χ2n) is 4.48. The predicted molar refractivity (Wildman–Crippen MR) is 81.0 cm³/mol. The van der Waals surface area contributed by atoms with Crippen LogP contribution in [0.15, 0.2) is 63.2 Å². The highest BCUT2D eigenvalue weighted by molar-refractivity contribution is 5.83. The third-order valence-corrected chi connectivity index (χ3v) is 3.24. The number of benzene rings is 2. The van der Waals surface area contributed by atoms with Gasteiger partial charge in [0.2, 0.25) is 10.9 Å². The first-order valence-electron chi connectivity index (χ1n) is 6.37. The molecule has 0 saturated heterocycles. The van der Waals surface area contributed by atoms with E-state index in [2.05, 4.69) is 10.5 Å². The first-order valence-corrected chi connectivity index (χ1v) is 6.37. The van der Waals surface area contributed by atoms with E-state index < -0.39 is 0 Å². The first-order chi connectivity index (χ1) is 10.2. The number of para-hydroxylation sites is 2. The van der Waals surface area contributed by atoms with Crippen molar-refractivity contribution in [2.45, 2.75) is 0 Å². The summed E-state index contributed by atoms with van der Waals surface area (Å²) in [4.78, 5) is 24.3. The maximum atomic E-state index is 12.2. The number of hydrogen-bond acceptors (Lipinski definition) is 5. The molecule has 3 rings (SSSR count). The van der Waals surface area contributed by atoms with Gasteiger partial charge in [0.25, 0.3) is 0 Å². The van der Waals surface area contributed by atoms with E-state index in [0.717, 1.165) is 0 Å². The molecule has 104 valence electrons. The van der Waals surface area contributed by atoms with Crippen molar-refractivity contribution in [3.8, 4) is 5.75 Å². The molecule has 0 aromatic heterocycles. The van der Waals surface area contributed by atoms with Crippen molar-refractivity contribution in [1.29, 1.82) is 0 Å². The van der Waals surface area contributed by atoms with Gasteiger partial charge in [-0.1, -0.05) is 36.4 Å². The fourth-order valence-electron chi connectivity index (χ4n) is 2.19. The van der Waals surface area contributed by atoms with Crippen molar-refractivity contribution in [3.05, 3.63) is 74.3 Å². The Labute approximate surface area is 119 Å². The number of methoxy groups -OCH3 is 1. The van der Waals surface area contributed by atoms with Gasteiger partial charge >= 0.3 is 0 Å². The van der Waals surface area contributed by atoms with E-state index in [0.29, 0.717) is 22.2 Å². The highest BCUT2D eigenvalue weighted by Crippen LogP contribution is 2.22. The van der Waals surface area contributed by atoms with Crippen molar-refractivity contribution in [2.75, 3.05) is 12.5 Å². The van der Waals surface area contributed by atoms with Crippen molar-refractivity contribution in [3.63, 3.8) is 0 Å². The lowest BCUT2D eigenvalue weighted by atomic mass is 10.2. The molecule has 3 aromatic rings. The first kappa shape index (κ1) is 13.1. The lowest BCUT2D eigenvalue weighted by Gasteiger charge is -2.05. The summed E-state index contributed by atoms with van der Waals surface area (Å²) >= 11 is 0. The molecule has 0 amide bonds. The highest BCUT2D eigenvalue weighted by atomic mass is 16.5. The molecule has 0 spiro atoms. The zero-order valence-electron chi connectivity index (χ0n) is 11.3. The second kappa shape index (κ2) is 5.20. The Bertz CT molecular complexity index is 904. The molecule has 0 fully saturated rings. The van der Waals surface area contributed by atoms with E-state index in [1.165, 1.54) is 7.11 Å². The van der Waals surface area contributed by atoms with Gasteiger partial charge in [0.05, 0.1) is 12.8 Å². The van der Waals surface area contributed by atoms with E-state index in [-0.39, 0.29) is 16.2 Å². The summed E-state index contributed by atoms with van der Waals surface area (Å²) in [7, 11) is 1.54. The van der Waals surface area contributed by atoms with Gasteiger partial charge in [-0.15, -0.1) is 0 Å². The van der Waals surface area contributed by atoms with Crippen LogP contribution in [0.25, 0.3) is 10.8 Å². The Kier molecular flexibility index (Phi) is 3.23. The number of nitrogens with one attached hydrogen (secondary N) is 1. The maximum Gasteiger partial charge on any atom is 0.217 e. The van der Waals surface area contributed by atoms with Crippen LogP contribution in [0.5, 0.6) is 5.75 Å². The van der Waals surface area contributed by atoms with Gasteiger partial charge in [-0.2, -0.15) is 5.10 Å². The quantitative estimate of drug-likeness (QED) is 0.736. The summed E-state index contributed by atoms with van der Waals surface area (Å²) in [5.41, 5.74) is 2.58. The molecule has 0 unspecified atom stereocenters. The number of fused-ring (bicyclic) bond motifs is 1. The van der Waals surface area contributed by atoms with Crippen LogP contribution in [0.4, 0.5) is 5.69 Å². The Morgan fingerprint density at radius 2 is 1.48 bits per heavy atom. The van der Waals surface area contributed by atoms with Crippen LogP contribution in [0.1, 0.15) is 0 Å². The Hall–Kier alpha value is -2.95. The molecule has 21 heavy (non-hydrogen) atoms. The van der Waals surface area contributed by atoms with Gasteiger partial charge in [-0.05, 0) is 12.1 Å². The fourth-order valence-corrected chi connectivity index (χ4v) is 2.19. The lowest BCUT2D eigenvalue weighted by molar-refractivity contribution is 0.416. The third kappa shape index (κ3) is 2.18. The number of rotatable bonds is 3. The Morgan fingerprint density at radius 1 is 0.905 bits per heavy atom. The van der Waals surface area contributed by atoms with E-state index in [1.54, 1.807) is 42.5 Å². The van der Waals surface area contributed by atoms with Gasteiger partial charge in [-0.3, -0.25) is 15.0 Å². The number of nitrogens with zero attached hydrogens (tertiary/aromatic N) is 1. The van der Waals surface area contributed by atoms with Crippen molar-refractivity contribution in [2.24, 2.45) is 5.10 Å². The zero-order chi connectivity index (χ0) is 14.8. The van der Waals surface area contributed by atoms with Gasteiger partial charge in [0, 0.05) is 10.8 Å². The minimum atomic E-state index is -0.363. The summed E-state index contributed by atoms with van der Waals surface area (Å²) in [6.45, 7) is 0. The molecule has 1 N–H and O–H groups in total. The molecule has 0 aliphatic carbocycles. The summed E-state index contributed by atoms with van der Waals surface area (Å²) in [6.07, 6.45) is 0. The molecule has 0 saturated carbocycles. The Balaban J connectivity index is 2.13. The zero-order valence-corrected chi connectivity index (χ0v) is 11.3. The summed E-state index contributed by atoms with van der Waals surface area (Å²) in [5, 5.41) is 4.64. The van der Waals surface area contributed by atoms with Crippen LogP contribution in [0.2, 0.25) is 0 Å². The Morgan fingerprint density at radius 3 is 2.10 bits per heavy atom. The lowest BCUT2D eigenvalue weighted by Crippen LogP contribution is -2.32. The standard InChI is InChI=1S/C16H12N2O3/c1-21-13-9-5-4-8-12(13)17-18-14-15(19)10-6-2-3-7-11(10)16(14)20/h2-9,17H,1H3. The van der Waals surface area contributed by atoms with E-state index in [1.807, 2.05) is 6.07 Å². The molecule has 0 bridgehead atoms. The SMILES string of the molecule is COc1ccccc1NN=c1c(=O)c2ccccc2c1=O. The minimum absolute atomic E-state index is 0.109. The predicted octanol–water partition coefficient (Wildman–Crippen LogP) is 1.37. The monoisotopic (exact) mass is 280 g/mol. The minimum Gasteiger partial charge on any atom is -0.495 e. The average Bonchev–Trinajstić information content (AvgIpc) is 2.78.